The lowest BCUT2D eigenvalue weighted by atomic mass is 10.5. The predicted octanol–water partition coefficient (Wildman–Crippen LogP) is 2.62. The van der Waals surface area contributed by atoms with E-state index in [2.05, 4.69) is 11.6 Å². The molecule has 0 fully saturated rings. The Hall–Kier alpha value is -0.290. The smallest absolute Gasteiger partial charge is 0.300 e. The van der Waals surface area contributed by atoms with E-state index in [1.807, 2.05) is 6.92 Å². The molecular formula is C8H15O3P. The van der Waals surface area contributed by atoms with Gasteiger partial charge < -0.3 is 0 Å². The average molecular weight is 190 g/mol. The van der Waals surface area contributed by atoms with Gasteiger partial charge >= 0.3 is 7.60 Å². The molecule has 0 heterocycles. The van der Waals surface area contributed by atoms with Gasteiger partial charge in [-0.1, -0.05) is 12.8 Å². The van der Waals surface area contributed by atoms with Gasteiger partial charge in [0.15, 0.2) is 0 Å². The van der Waals surface area contributed by atoms with E-state index in [0.717, 1.165) is 0 Å². The van der Waals surface area contributed by atoms with Gasteiger partial charge in [-0.15, -0.1) is 0 Å². The van der Waals surface area contributed by atoms with Crippen LogP contribution in [0.15, 0.2) is 0 Å². The Morgan fingerprint density at radius 1 is 1.17 bits per heavy atom. The van der Waals surface area contributed by atoms with Crippen molar-refractivity contribution >= 4 is 7.60 Å². The van der Waals surface area contributed by atoms with Crippen molar-refractivity contribution in [3.8, 4) is 11.6 Å². The molecular weight excluding hydrogens is 175 g/mol. The summed E-state index contributed by atoms with van der Waals surface area (Å²) in [5.41, 5.74) is 2.51. The minimum atomic E-state index is -3.10. The molecule has 0 aromatic heterocycles. The second-order valence-corrected chi connectivity index (χ2v) is 3.71. The monoisotopic (exact) mass is 190 g/mol. The lowest BCUT2D eigenvalue weighted by Gasteiger charge is -2.09. The van der Waals surface area contributed by atoms with Crippen molar-refractivity contribution < 1.29 is 13.6 Å². The third-order valence-electron chi connectivity index (χ3n) is 0.991. The van der Waals surface area contributed by atoms with E-state index in [1.165, 1.54) is 0 Å². The molecule has 0 aromatic rings. The zero-order valence-electron chi connectivity index (χ0n) is 7.79. The summed E-state index contributed by atoms with van der Waals surface area (Å²) in [4.78, 5) is 0. The molecule has 4 heteroatoms. The van der Waals surface area contributed by atoms with E-state index < -0.39 is 7.60 Å². The molecule has 12 heavy (non-hydrogen) atoms. The van der Waals surface area contributed by atoms with Gasteiger partial charge in [0.05, 0.1) is 13.2 Å². The van der Waals surface area contributed by atoms with E-state index in [-0.39, 0.29) is 0 Å². The van der Waals surface area contributed by atoms with Crippen LogP contribution in [0, 0.1) is 11.6 Å². The third kappa shape index (κ3) is 4.56. The van der Waals surface area contributed by atoms with Crippen LogP contribution < -0.4 is 0 Å². The lowest BCUT2D eigenvalue weighted by molar-refractivity contribution is 0.230. The fourth-order valence-corrected chi connectivity index (χ4v) is 1.85. The van der Waals surface area contributed by atoms with Gasteiger partial charge in [-0.05, 0) is 13.8 Å². The standard InChI is InChI=1S/C8H15O3P/c1-4-7-8-12(9,10-5-2)11-6-3/h4-6H2,1-3H3. The largest absolute Gasteiger partial charge is 0.405 e. The second kappa shape index (κ2) is 6.25. The quantitative estimate of drug-likeness (QED) is 0.505. The van der Waals surface area contributed by atoms with Gasteiger partial charge in [-0.3, -0.25) is 9.05 Å². The molecule has 0 spiro atoms. The summed E-state index contributed by atoms with van der Waals surface area (Å²) in [6.45, 7) is 6.12. The maximum Gasteiger partial charge on any atom is 0.405 e. The number of hydrogen-bond acceptors (Lipinski definition) is 3. The molecule has 0 aliphatic carbocycles. The Balaban J connectivity index is 4.28. The highest BCUT2D eigenvalue weighted by Crippen LogP contribution is 2.46. The van der Waals surface area contributed by atoms with Crippen LogP contribution in [0.25, 0.3) is 0 Å². The van der Waals surface area contributed by atoms with Crippen LogP contribution in [0.2, 0.25) is 0 Å². The van der Waals surface area contributed by atoms with Crippen molar-refractivity contribution in [2.24, 2.45) is 0 Å². The van der Waals surface area contributed by atoms with Crippen molar-refractivity contribution in [2.75, 3.05) is 13.2 Å². The average Bonchev–Trinajstić information content (AvgIpc) is 2.02. The minimum absolute atomic E-state index is 0.357. The van der Waals surface area contributed by atoms with Crippen molar-refractivity contribution in [3.05, 3.63) is 0 Å². The van der Waals surface area contributed by atoms with E-state index in [4.69, 9.17) is 9.05 Å². The number of rotatable bonds is 4. The molecule has 0 N–H and O–H groups in total. The summed E-state index contributed by atoms with van der Waals surface area (Å²) in [5, 5.41) is 0. The first-order valence-electron chi connectivity index (χ1n) is 4.07. The summed E-state index contributed by atoms with van der Waals surface area (Å²) >= 11 is 0. The normalized spacial score (nSPS) is 10.6. The Bertz CT molecular complexity index is 204. The number of hydrogen-bond donors (Lipinski definition) is 0. The third-order valence-corrected chi connectivity index (χ3v) is 2.62. The Morgan fingerprint density at radius 2 is 1.67 bits per heavy atom. The van der Waals surface area contributed by atoms with Crippen LogP contribution in [-0.4, -0.2) is 13.2 Å². The van der Waals surface area contributed by atoms with E-state index in [9.17, 15) is 4.57 Å². The maximum atomic E-state index is 11.6. The highest BCUT2D eigenvalue weighted by molar-refractivity contribution is 7.59. The molecule has 0 aliphatic heterocycles. The first-order valence-corrected chi connectivity index (χ1v) is 5.62. The van der Waals surface area contributed by atoms with E-state index in [0.29, 0.717) is 19.6 Å². The molecule has 0 radical (unpaired) electrons. The van der Waals surface area contributed by atoms with Crippen LogP contribution in [-0.2, 0) is 13.6 Å². The van der Waals surface area contributed by atoms with E-state index in [1.54, 1.807) is 13.8 Å². The second-order valence-electron chi connectivity index (χ2n) is 1.98. The summed E-state index contributed by atoms with van der Waals surface area (Å²) in [5.74, 6) is 2.70. The lowest BCUT2D eigenvalue weighted by Crippen LogP contribution is -1.92. The van der Waals surface area contributed by atoms with Crippen molar-refractivity contribution in [1.29, 1.82) is 0 Å². The first kappa shape index (κ1) is 11.7. The molecule has 0 rings (SSSR count). The topological polar surface area (TPSA) is 35.5 Å². The fraction of sp³-hybridized carbons (Fsp3) is 0.750. The molecule has 0 amide bonds. The van der Waals surface area contributed by atoms with Crippen molar-refractivity contribution in [3.63, 3.8) is 0 Å². The van der Waals surface area contributed by atoms with Crippen LogP contribution in [0.4, 0.5) is 0 Å². The molecule has 0 atom stereocenters. The first-order chi connectivity index (χ1) is 5.68. The van der Waals surface area contributed by atoms with Gasteiger partial charge in [0, 0.05) is 12.1 Å². The van der Waals surface area contributed by atoms with Crippen LogP contribution in [0.1, 0.15) is 27.2 Å². The summed E-state index contributed by atoms with van der Waals surface area (Å²) < 4.78 is 21.4. The van der Waals surface area contributed by atoms with Gasteiger partial charge in [-0.2, -0.15) is 0 Å². The molecule has 0 bridgehead atoms. The van der Waals surface area contributed by atoms with Crippen molar-refractivity contribution in [2.45, 2.75) is 27.2 Å². The molecule has 0 aliphatic rings. The van der Waals surface area contributed by atoms with Crippen LogP contribution in [0.3, 0.4) is 0 Å². The predicted molar refractivity (Wildman–Crippen MR) is 48.9 cm³/mol. The summed E-state index contributed by atoms with van der Waals surface area (Å²) in [6.07, 6.45) is 0.657. The van der Waals surface area contributed by atoms with Crippen LogP contribution in [0.5, 0.6) is 0 Å². The minimum Gasteiger partial charge on any atom is -0.300 e. The maximum absolute atomic E-state index is 11.6. The molecule has 3 nitrogen and oxygen atoms in total. The Kier molecular flexibility index (Phi) is 6.10. The summed E-state index contributed by atoms with van der Waals surface area (Å²) in [7, 11) is -3.10. The zero-order chi connectivity index (χ0) is 9.45. The summed E-state index contributed by atoms with van der Waals surface area (Å²) in [6, 6.07) is 0. The Morgan fingerprint density at radius 3 is 2.00 bits per heavy atom. The fourth-order valence-electron chi connectivity index (χ4n) is 0.618. The molecule has 0 saturated heterocycles. The SMILES string of the molecule is CCC#CP(=O)(OCC)OCC. The van der Waals surface area contributed by atoms with Gasteiger partial charge in [-0.25, -0.2) is 4.57 Å². The highest BCUT2D eigenvalue weighted by Gasteiger charge is 2.19. The molecule has 0 unspecified atom stereocenters. The van der Waals surface area contributed by atoms with E-state index >= 15 is 0 Å². The highest BCUT2D eigenvalue weighted by atomic mass is 31.2. The molecule has 0 aromatic carbocycles. The molecule has 0 saturated carbocycles. The molecule has 70 valence electrons. The van der Waals surface area contributed by atoms with Crippen molar-refractivity contribution in [1.82, 2.24) is 0 Å². The van der Waals surface area contributed by atoms with Gasteiger partial charge in [0.2, 0.25) is 0 Å². The van der Waals surface area contributed by atoms with Gasteiger partial charge in [0.25, 0.3) is 0 Å². The zero-order valence-corrected chi connectivity index (χ0v) is 8.69. The Labute approximate surface area is 74.0 Å². The van der Waals surface area contributed by atoms with Crippen LogP contribution >= 0.6 is 7.60 Å². The van der Waals surface area contributed by atoms with Gasteiger partial charge in [0.1, 0.15) is 0 Å².